The summed E-state index contributed by atoms with van der Waals surface area (Å²) in [5, 5.41) is 5.13. The smallest absolute Gasteiger partial charge is 0.0540 e. The number of hydrogen-bond acceptors (Lipinski definition) is 2. The molecule has 1 nitrogen and oxygen atoms in total. The third kappa shape index (κ3) is 5.13. The highest BCUT2D eigenvalue weighted by Crippen LogP contribution is 2.44. The van der Waals surface area contributed by atoms with Crippen LogP contribution in [0.25, 0.3) is 64.3 Å². The molecule has 1 heterocycles. The highest BCUT2D eigenvalue weighted by molar-refractivity contribution is 7.25. The Labute approximate surface area is 284 Å². The Morgan fingerprint density at radius 2 is 0.979 bits per heavy atom. The summed E-state index contributed by atoms with van der Waals surface area (Å²) in [6.07, 6.45) is 0. The average Bonchev–Trinajstić information content (AvgIpc) is 3.54. The first-order valence-electron chi connectivity index (χ1n) is 16.3. The van der Waals surface area contributed by atoms with Crippen molar-refractivity contribution in [1.29, 1.82) is 0 Å². The van der Waals surface area contributed by atoms with Crippen LogP contribution >= 0.6 is 11.3 Å². The molecule has 0 aliphatic heterocycles. The molecule has 48 heavy (non-hydrogen) atoms. The summed E-state index contributed by atoms with van der Waals surface area (Å²) in [6.45, 7) is 0. The number of nitrogens with zero attached hydrogens (tertiary/aromatic N) is 1. The molecule has 0 saturated heterocycles. The van der Waals surface area contributed by atoms with E-state index in [-0.39, 0.29) is 0 Å². The van der Waals surface area contributed by atoms with Gasteiger partial charge in [0.2, 0.25) is 0 Å². The second-order valence-electron chi connectivity index (χ2n) is 12.2. The quantitative estimate of drug-likeness (QED) is 0.177. The van der Waals surface area contributed by atoms with Gasteiger partial charge in [0.1, 0.15) is 0 Å². The summed E-state index contributed by atoms with van der Waals surface area (Å²) in [4.78, 5) is 2.41. The summed E-state index contributed by atoms with van der Waals surface area (Å²) >= 11 is 1.86. The summed E-state index contributed by atoms with van der Waals surface area (Å²) in [7, 11) is 0. The normalized spacial score (nSPS) is 11.3. The number of anilines is 3. The first-order valence-corrected chi connectivity index (χ1v) is 17.2. The van der Waals surface area contributed by atoms with Crippen LogP contribution in [-0.2, 0) is 0 Å². The maximum absolute atomic E-state index is 2.41. The lowest BCUT2D eigenvalue weighted by Gasteiger charge is -2.28. The van der Waals surface area contributed by atoms with Crippen molar-refractivity contribution >= 4 is 59.3 Å². The maximum Gasteiger partial charge on any atom is 0.0540 e. The zero-order valence-corrected chi connectivity index (χ0v) is 27.1. The zero-order valence-electron chi connectivity index (χ0n) is 26.3. The number of para-hydroxylation sites is 1. The van der Waals surface area contributed by atoms with E-state index in [9.17, 15) is 0 Å². The van der Waals surface area contributed by atoms with Gasteiger partial charge < -0.3 is 4.90 Å². The standard InChI is InChI=1S/C46H31NS/c1-2-11-32(12-3-1)34-23-26-39(27-24-34)47(40-16-10-15-36(30-40)37-22-21-33-13-4-5-14-35(33)29-37)44-19-8-6-17-41(44)38-25-28-43-42-18-7-9-20-45(42)48-46(43)31-38/h1-31H. The second-order valence-corrected chi connectivity index (χ2v) is 13.3. The number of thiophene rings is 1. The SMILES string of the molecule is c1ccc(-c2ccc(N(c3cccc(-c4ccc5ccccc5c4)c3)c3ccccc3-c3ccc4c(c3)sc3ccccc34)cc2)cc1. The Morgan fingerprint density at radius 3 is 1.88 bits per heavy atom. The predicted octanol–water partition coefficient (Wildman–Crippen LogP) is 13.7. The Bertz CT molecular complexity index is 2560. The Hall–Kier alpha value is -5.96. The fraction of sp³-hybridized carbons (Fsp3) is 0. The zero-order chi connectivity index (χ0) is 31.9. The lowest BCUT2D eigenvalue weighted by atomic mass is 9.98. The molecule has 0 aliphatic rings. The molecule has 226 valence electrons. The van der Waals surface area contributed by atoms with Crippen molar-refractivity contribution < 1.29 is 0 Å². The molecule has 0 radical (unpaired) electrons. The molecule has 9 rings (SSSR count). The van der Waals surface area contributed by atoms with Crippen molar-refractivity contribution in [3.63, 3.8) is 0 Å². The summed E-state index contributed by atoms with van der Waals surface area (Å²) < 4.78 is 2.63. The van der Waals surface area contributed by atoms with E-state index in [0.717, 1.165) is 17.1 Å². The van der Waals surface area contributed by atoms with Crippen LogP contribution in [0.2, 0.25) is 0 Å². The van der Waals surface area contributed by atoms with Crippen LogP contribution in [-0.4, -0.2) is 0 Å². The Kier molecular flexibility index (Phi) is 7.07. The first kappa shape index (κ1) is 28.3. The van der Waals surface area contributed by atoms with Crippen LogP contribution in [0.15, 0.2) is 188 Å². The van der Waals surface area contributed by atoms with Crippen molar-refractivity contribution in [1.82, 2.24) is 0 Å². The Balaban J connectivity index is 1.20. The number of hydrogen-bond donors (Lipinski definition) is 0. The summed E-state index contributed by atoms with van der Waals surface area (Å²) in [5.41, 5.74) is 10.6. The van der Waals surface area contributed by atoms with Gasteiger partial charge in [-0.3, -0.25) is 0 Å². The third-order valence-electron chi connectivity index (χ3n) is 9.25. The van der Waals surface area contributed by atoms with Crippen LogP contribution in [0.5, 0.6) is 0 Å². The lowest BCUT2D eigenvalue weighted by molar-refractivity contribution is 1.28. The summed E-state index contributed by atoms with van der Waals surface area (Å²) in [6, 6.07) is 68.2. The molecule has 0 N–H and O–H groups in total. The lowest BCUT2D eigenvalue weighted by Crippen LogP contribution is -2.11. The van der Waals surface area contributed by atoms with Crippen LogP contribution in [0.4, 0.5) is 17.1 Å². The molecular formula is C46H31NS. The van der Waals surface area contributed by atoms with Crippen molar-refractivity contribution in [3.05, 3.63) is 188 Å². The van der Waals surface area contributed by atoms with Crippen LogP contribution in [0.3, 0.4) is 0 Å². The average molecular weight is 630 g/mol. The molecule has 0 saturated carbocycles. The summed E-state index contributed by atoms with van der Waals surface area (Å²) in [5.74, 6) is 0. The first-order chi connectivity index (χ1) is 23.8. The molecule has 2 heteroatoms. The van der Waals surface area contributed by atoms with E-state index in [2.05, 4.69) is 193 Å². The fourth-order valence-corrected chi connectivity index (χ4v) is 8.01. The van der Waals surface area contributed by atoms with E-state index in [1.807, 2.05) is 11.3 Å². The van der Waals surface area contributed by atoms with E-state index in [1.54, 1.807) is 0 Å². The molecule has 1 aromatic heterocycles. The van der Waals surface area contributed by atoms with E-state index in [4.69, 9.17) is 0 Å². The van der Waals surface area contributed by atoms with Gasteiger partial charge in [-0.05, 0) is 87.1 Å². The molecule has 0 aliphatic carbocycles. The van der Waals surface area contributed by atoms with Crippen LogP contribution in [0, 0.1) is 0 Å². The molecule has 0 bridgehead atoms. The highest BCUT2D eigenvalue weighted by atomic mass is 32.1. The second kappa shape index (κ2) is 12.0. The van der Waals surface area contributed by atoms with Crippen LogP contribution < -0.4 is 4.90 Å². The third-order valence-corrected chi connectivity index (χ3v) is 10.4. The van der Waals surface area contributed by atoms with Crippen molar-refractivity contribution in [2.75, 3.05) is 4.90 Å². The highest BCUT2D eigenvalue weighted by Gasteiger charge is 2.19. The van der Waals surface area contributed by atoms with Gasteiger partial charge in [-0.15, -0.1) is 11.3 Å². The number of rotatable bonds is 6. The maximum atomic E-state index is 2.41. The molecular weight excluding hydrogens is 599 g/mol. The van der Waals surface area contributed by atoms with Gasteiger partial charge in [0, 0.05) is 37.1 Å². The molecule has 0 unspecified atom stereocenters. The van der Waals surface area contributed by atoms with Gasteiger partial charge in [0.25, 0.3) is 0 Å². The largest absolute Gasteiger partial charge is 0.310 e. The van der Waals surface area contributed by atoms with Gasteiger partial charge in [0.05, 0.1) is 5.69 Å². The van der Waals surface area contributed by atoms with Gasteiger partial charge >= 0.3 is 0 Å². The van der Waals surface area contributed by atoms with Gasteiger partial charge in [-0.2, -0.15) is 0 Å². The molecule has 9 aromatic rings. The molecule has 8 aromatic carbocycles. The fourth-order valence-electron chi connectivity index (χ4n) is 6.86. The minimum atomic E-state index is 1.11. The monoisotopic (exact) mass is 629 g/mol. The molecule has 0 amide bonds. The molecule has 0 fully saturated rings. The van der Waals surface area contributed by atoms with Crippen molar-refractivity contribution in [3.8, 4) is 33.4 Å². The van der Waals surface area contributed by atoms with Crippen molar-refractivity contribution in [2.45, 2.75) is 0 Å². The van der Waals surface area contributed by atoms with E-state index < -0.39 is 0 Å². The van der Waals surface area contributed by atoms with Gasteiger partial charge in [0.15, 0.2) is 0 Å². The number of fused-ring (bicyclic) bond motifs is 4. The minimum absolute atomic E-state index is 1.11. The van der Waals surface area contributed by atoms with E-state index in [0.29, 0.717) is 0 Å². The van der Waals surface area contributed by atoms with Gasteiger partial charge in [-0.25, -0.2) is 0 Å². The molecule has 0 atom stereocenters. The van der Waals surface area contributed by atoms with E-state index >= 15 is 0 Å². The molecule has 0 spiro atoms. The van der Waals surface area contributed by atoms with Gasteiger partial charge in [-0.1, -0.05) is 140 Å². The minimum Gasteiger partial charge on any atom is -0.310 e. The van der Waals surface area contributed by atoms with Crippen molar-refractivity contribution in [2.24, 2.45) is 0 Å². The van der Waals surface area contributed by atoms with E-state index in [1.165, 1.54) is 64.3 Å². The Morgan fingerprint density at radius 1 is 0.333 bits per heavy atom. The van der Waals surface area contributed by atoms with Crippen LogP contribution in [0.1, 0.15) is 0 Å². The predicted molar refractivity (Wildman–Crippen MR) is 208 cm³/mol. The number of benzene rings is 8. The topological polar surface area (TPSA) is 3.24 Å².